The van der Waals surface area contributed by atoms with Crippen LogP contribution in [-0.4, -0.2) is 28.9 Å². The van der Waals surface area contributed by atoms with Crippen molar-refractivity contribution in [2.45, 2.75) is 31.9 Å². The van der Waals surface area contributed by atoms with E-state index in [2.05, 4.69) is 0 Å². The molecule has 1 atom stereocenters. The predicted molar refractivity (Wildman–Crippen MR) is 70.7 cm³/mol. The van der Waals surface area contributed by atoms with Crippen molar-refractivity contribution in [3.05, 3.63) is 35.9 Å². The average Bonchev–Trinajstić information content (AvgIpc) is 2.45. The second-order valence-electron chi connectivity index (χ2n) is 4.31. The quantitative estimate of drug-likeness (QED) is 0.540. The molecular weight excluding hydrogens is 262 g/mol. The minimum Gasteiger partial charge on any atom is -0.475 e. The van der Waals surface area contributed by atoms with Crippen LogP contribution < -0.4 is 5.73 Å². The highest BCUT2D eigenvalue weighted by molar-refractivity contribution is 6.34. The van der Waals surface area contributed by atoms with Gasteiger partial charge in [0.2, 0.25) is 0 Å². The van der Waals surface area contributed by atoms with E-state index in [0.29, 0.717) is 6.42 Å². The molecule has 0 aromatic heterocycles. The molecule has 0 saturated heterocycles. The summed E-state index contributed by atoms with van der Waals surface area (Å²) in [7, 11) is 0. The molecule has 0 aliphatic heterocycles. The lowest BCUT2D eigenvalue weighted by Gasteiger charge is -2.07. The molecule has 0 bridgehead atoms. The lowest BCUT2D eigenvalue weighted by molar-refractivity contribution is -0.149. The Morgan fingerprint density at radius 1 is 1.20 bits per heavy atom. The normalized spacial score (nSPS) is 11.7. The van der Waals surface area contributed by atoms with E-state index in [0.717, 1.165) is 5.56 Å². The first-order valence-corrected chi connectivity index (χ1v) is 6.23. The zero-order chi connectivity index (χ0) is 15.0. The number of ether oxygens (including phenoxy) is 1. The number of carboxylic acid groups (broad SMARTS) is 1. The number of rotatable bonds is 8. The zero-order valence-electron chi connectivity index (χ0n) is 11.0. The minimum atomic E-state index is -1.55. The van der Waals surface area contributed by atoms with Crippen molar-refractivity contribution in [1.82, 2.24) is 0 Å². The van der Waals surface area contributed by atoms with Crippen LogP contribution in [0, 0.1) is 0 Å². The molecule has 0 amide bonds. The first-order valence-electron chi connectivity index (χ1n) is 6.23. The second-order valence-corrected chi connectivity index (χ2v) is 4.31. The van der Waals surface area contributed by atoms with Gasteiger partial charge in [-0.25, -0.2) is 4.79 Å². The molecule has 6 nitrogen and oxygen atoms in total. The van der Waals surface area contributed by atoms with Gasteiger partial charge in [0, 0.05) is 6.42 Å². The molecule has 1 aromatic rings. The van der Waals surface area contributed by atoms with Crippen molar-refractivity contribution in [3.8, 4) is 0 Å². The Kier molecular flexibility index (Phi) is 6.39. The largest absolute Gasteiger partial charge is 0.475 e. The van der Waals surface area contributed by atoms with Gasteiger partial charge >= 0.3 is 11.9 Å². The number of hydrogen-bond donors (Lipinski definition) is 2. The van der Waals surface area contributed by atoms with Crippen LogP contribution in [0.3, 0.4) is 0 Å². The molecule has 0 spiro atoms. The topological polar surface area (TPSA) is 107 Å². The van der Waals surface area contributed by atoms with Gasteiger partial charge in [-0.05, 0) is 18.4 Å². The van der Waals surface area contributed by atoms with Gasteiger partial charge in [0.25, 0.3) is 5.78 Å². The third-order valence-corrected chi connectivity index (χ3v) is 2.69. The molecule has 0 aliphatic carbocycles. The Morgan fingerprint density at radius 2 is 1.85 bits per heavy atom. The van der Waals surface area contributed by atoms with Crippen LogP contribution in [0.5, 0.6) is 0 Å². The summed E-state index contributed by atoms with van der Waals surface area (Å²) in [6.45, 7) is 0.194. The third kappa shape index (κ3) is 5.62. The van der Waals surface area contributed by atoms with E-state index in [1.165, 1.54) is 0 Å². The first-order chi connectivity index (χ1) is 9.50. The summed E-state index contributed by atoms with van der Waals surface area (Å²) in [5.74, 6) is -2.99. The number of benzene rings is 1. The number of hydrogen-bond acceptors (Lipinski definition) is 5. The molecule has 1 rings (SSSR count). The van der Waals surface area contributed by atoms with Crippen LogP contribution in [0.4, 0.5) is 0 Å². The number of nitrogens with two attached hydrogens (primary N) is 1. The summed E-state index contributed by atoms with van der Waals surface area (Å²) in [5, 5.41) is 8.45. The average molecular weight is 279 g/mol. The first kappa shape index (κ1) is 15.8. The summed E-state index contributed by atoms with van der Waals surface area (Å²) >= 11 is 0. The molecule has 0 radical (unpaired) electrons. The molecule has 3 N–H and O–H groups in total. The van der Waals surface area contributed by atoms with Crippen molar-refractivity contribution in [1.29, 1.82) is 0 Å². The Morgan fingerprint density at radius 3 is 2.45 bits per heavy atom. The van der Waals surface area contributed by atoms with E-state index < -0.39 is 23.8 Å². The minimum absolute atomic E-state index is 0.105. The summed E-state index contributed by atoms with van der Waals surface area (Å²) in [6, 6.07) is 8.17. The van der Waals surface area contributed by atoms with Crippen molar-refractivity contribution in [3.63, 3.8) is 0 Å². The molecule has 20 heavy (non-hydrogen) atoms. The molecular formula is C14H17NO5. The van der Waals surface area contributed by atoms with Crippen LogP contribution in [0.15, 0.2) is 30.3 Å². The van der Waals surface area contributed by atoms with Crippen LogP contribution in [-0.2, 0) is 25.7 Å². The van der Waals surface area contributed by atoms with Gasteiger partial charge in [0.05, 0.1) is 6.04 Å². The Labute approximate surface area is 116 Å². The van der Waals surface area contributed by atoms with Gasteiger partial charge in [0.1, 0.15) is 6.61 Å². The van der Waals surface area contributed by atoms with Gasteiger partial charge < -0.3 is 15.6 Å². The lowest BCUT2D eigenvalue weighted by Crippen LogP contribution is -2.35. The molecule has 1 unspecified atom stereocenters. The molecule has 108 valence electrons. The van der Waals surface area contributed by atoms with Crippen molar-refractivity contribution in [2.75, 3.05) is 0 Å². The second kappa shape index (κ2) is 8.06. The van der Waals surface area contributed by atoms with E-state index >= 15 is 0 Å². The predicted octanol–water partition coefficient (Wildman–Crippen LogP) is 0.881. The number of esters is 1. The number of aliphatic carboxylic acids is 1. The van der Waals surface area contributed by atoms with Crippen molar-refractivity contribution in [2.24, 2.45) is 5.73 Å². The maximum Gasteiger partial charge on any atom is 0.373 e. The van der Waals surface area contributed by atoms with E-state index in [-0.39, 0.29) is 19.4 Å². The molecule has 6 heteroatoms. The molecule has 0 saturated carbocycles. The highest BCUT2D eigenvalue weighted by atomic mass is 16.5. The highest BCUT2D eigenvalue weighted by Crippen LogP contribution is 2.05. The maximum absolute atomic E-state index is 11.4. The molecule has 0 heterocycles. The van der Waals surface area contributed by atoms with Crippen LogP contribution >= 0.6 is 0 Å². The number of carbonyl (C=O) groups excluding carboxylic acids is 2. The summed E-state index contributed by atoms with van der Waals surface area (Å²) in [4.78, 5) is 32.8. The lowest BCUT2D eigenvalue weighted by atomic mass is 10.1. The third-order valence-electron chi connectivity index (χ3n) is 2.69. The van der Waals surface area contributed by atoms with E-state index in [9.17, 15) is 14.4 Å². The SMILES string of the molecule is NC(CCCC(=O)OCc1ccccc1)C(=O)C(=O)O. The fraction of sp³-hybridized carbons (Fsp3) is 0.357. The van der Waals surface area contributed by atoms with Gasteiger partial charge in [-0.1, -0.05) is 30.3 Å². The summed E-state index contributed by atoms with van der Waals surface area (Å²) < 4.78 is 5.04. The van der Waals surface area contributed by atoms with Crippen molar-refractivity contribution >= 4 is 17.7 Å². The number of Topliss-reactive ketones (excluding diaryl/α,β-unsaturated/α-hetero) is 1. The fourth-order valence-electron chi connectivity index (χ4n) is 1.57. The number of carboxylic acids is 1. The number of ketones is 1. The van der Waals surface area contributed by atoms with E-state index in [1.54, 1.807) is 0 Å². The Hall–Kier alpha value is -2.21. The van der Waals surface area contributed by atoms with Gasteiger partial charge in [-0.3, -0.25) is 9.59 Å². The van der Waals surface area contributed by atoms with Gasteiger partial charge in [0.15, 0.2) is 0 Å². The van der Waals surface area contributed by atoms with E-state index in [4.69, 9.17) is 15.6 Å². The van der Waals surface area contributed by atoms with Crippen LogP contribution in [0.1, 0.15) is 24.8 Å². The smallest absolute Gasteiger partial charge is 0.373 e. The van der Waals surface area contributed by atoms with Crippen LogP contribution in [0.25, 0.3) is 0 Å². The Balaban J connectivity index is 2.20. The zero-order valence-corrected chi connectivity index (χ0v) is 11.0. The fourth-order valence-corrected chi connectivity index (χ4v) is 1.57. The van der Waals surface area contributed by atoms with Crippen LogP contribution in [0.2, 0.25) is 0 Å². The van der Waals surface area contributed by atoms with Gasteiger partial charge in [-0.2, -0.15) is 0 Å². The summed E-state index contributed by atoms with van der Waals surface area (Å²) in [6.07, 6.45) is 0.562. The molecule has 0 aliphatic rings. The van der Waals surface area contributed by atoms with E-state index in [1.807, 2.05) is 30.3 Å². The number of carbonyl (C=O) groups is 3. The monoisotopic (exact) mass is 279 g/mol. The maximum atomic E-state index is 11.4. The van der Waals surface area contributed by atoms with Crippen molar-refractivity contribution < 1.29 is 24.2 Å². The molecule has 0 fully saturated rings. The Bertz CT molecular complexity index is 472. The standard InChI is InChI=1S/C14H17NO5/c15-11(13(17)14(18)19)7-4-8-12(16)20-9-10-5-2-1-3-6-10/h1-3,5-6,11H,4,7-9,15H2,(H,18,19). The summed E-state index contributed by atoms with van der Waals surface area (Å²) in [5.41, 5.74) is 6.27. The highest BCUT2D eigenvalue weighted by Gasteiger charge is 2.20. The van der Waals surface area contributed by atoms with Gasteiger partial charge in [-0.15, -0.1) is 0 Å². The molecule has 1 aromatic carbocycles.